The average molecular weight is 1840 g/mol. The fourth-order valence-corrected chi connectivity index (χ4v) is 16.0. The van der Waals surface area contributed by atoms with Crippen LogP contribution >= 0.6 is 0 Å². The standard InChI is InChI=1S/C33H29F6N5O3.C33H32F6N4O4.C25H23F6N5O/c1-23(25-15-27(32(34,35)36)17-28(16-25)33(37,38)39)47-20-30(26-11-7-4-8-12-26)13-14-31(40-2,43-21-41-42-22-43)19-44(30)29(45)46-18-24-9-5-3-6-10-24;1-23(25-14-27(32(34,35)36)16-28(15-25)33(37,38)39)47-20-31(26-10-6-3-7-11-26)13-12-30(19-44,42-21-40-41-22-42)18-43(31)29(45)46-17-24-8-4-2-5-9-24;1-17(18-10-20(24(26,27)28)12-21(11-18)25(29,30)31)37-14-22(19-6-4-3-5-7-19)8-9-23(32-2,13-33-22)36-15-34-35-16-36/h3-12,15-17,21-23H,13-14,18-20H2,1H3;2-11,14-16,21-23,44H,12-13,17-20H2,1H3;3-7,10-12,15-17,33H,8-9,13-14H2,1H3/t2*23-,30-,31-;17-,22-,23-/m111/s1. The first-order chi connectivity index (χ1) is 61.9. The first-order valence-electron chi connectivity index (χ1n) is 40.5. The highest BCUT2D eigenvalue weighted by Gasteiger charge is 2.58. The van der Waals surface area contributed by atoms with Crippen LogP contribution in [0.4, 0.5) is 88.6 Å². The van der Waals surface area contributed by atoms with Crippen LogP contribution in [-0.2, 0) is 107 Å². The van der Waals surface area contributed by atoms with Gasteiger partial charge in [-0.3, -0.25) is 24.8 Å². The maximum Gasteiger partial charge on any atom is 0.416 e. The Morgan fingerprint density at radius 1 is 0.389 bits per heavy atom. The number of benzene rings is 8. The molecular weight excluding hydrogens is 1760 g/mol. The number of piperidine rings is 3. The van der Waals surface area contributed by atoms with Crippen LogP contribution in [0.3, 0.4) is 0 Å². The van der Waals surface area contributed by atoms with Gasteiger partial charge in [0.1, 0.15) is 57.7 Å². The lowest BCUT2D eigenvalue weighted by molar-refractivity contribution is -0.145. The first-order valence-corrected chi connectivity index (χ1v) is 40.5. The normalized spacial score (nSPS) is 21.6. The van der Waals surface area contributed by atoms with Gasteiger partial charge in [-0.05, 0) is 146 Å². The number of carbonyl (C=O) groups is 2. The number of ether oxygens (including phenoxy) is 5. The van der Waals surface area contributed by atoms with E-state index in [-0.39, 0.29) is 113 Å². The highest BCUT2D eigenvalue weighted by Crippen LogP contribution is 2.51. The van der Waals surface area contributed by atoms with E-state index in [4.69, 9.17) is 36.8 Å². The molecular formula is C91H84F18N14O8. The molecule has 3 saturated heterocycles. The number of aromatic nitrogens is 9. The van der Waals surface area contributed by atoms with Crippen molar-refractivity contribution in [2.75, 3.05) is 46.1 Å². The number of alkyl halides is 18. The molecule has 131 heavy (non-hydrogen) atoms. The van der Waals surface area contributed by atoms with E-state index < -0.39 is 141 Å². The van der Waals surface area contributed by atoms with Crippen LogP contribution in [-0.4, -0.2) is 117 Å². The van der Waals surface area contributed by atoms with Gasteiger partial charge in [-0.2, -0.15) is 79.0 Å². The largest absolute Gasteiger partial charge is 0.445 e. The molecule has 3 fully saturated rings. The van der Waals surface area contributed by atoms with Crippen molar-refractivity contribution in [1.29, 1.82) is 0 Å². The second-order valence-corrected chi connectivity index (χ2v) is 31.9. The number of aliphatic hydroxyl groups excluding tert-OH is 1. The van der Waals surface area contributed by atoms with Crippen LogP contribution < -0.4 is 5.32 Å². The van der Waals surface area contributed by atoms with Crippen molar-refractivity contribution >= 4 is 12.2 Å². The number of nitrogens with zero attached hydrogens (tertiary/aromatic N) is 13. The quantitative estimate of drug-likeness (QED) is 0.0449. The molecule has 11 aromatic rings. The highest BCUT2D eigenvalue weighted by molar-refractivity contribution is 5.71. The van der Waals surface area contributed by atoms with E-state index in [1.165, 1.54) is 73.1 Å². The van der Waals surface area contributed by atoms with E-state index in [1.54, 1.807) is 124 Å². The molecule has 14 rings (SSSR count). The Morgan fingerprint density at radius 2 is 0.687 bits per heavy atom. The molecule has 0 unspecified atom stereocenters. The molecule has 40 heteroatoms. The molecule has 9 atom stereocenters. The van der Waals surface area contributed by atoms with E-state index in [2.05, 4.69) is 45.6 Å². The lowest BCUT2D eigenvalue weighted by Gasteiger charge is -2.53. The summed E-state index contributed by atoms with van der Waals surface area (Å²) in [6.45, 7) is 18.6. The van der Waals surface area contributed by atoms with E-state index in [9.17, 15) is 93.7 Å². The zero-order chi connectivity index (χ0) is 94.6. The van der Waals surface area contributed by atoms with Crippen LogP contribution in [0.2, 0.25) is 0 Å². The molecule has 3 aliphatic heterocycles. The fraction of sp³-hybridized carbons (Fsp3) is 0.363. The number of halogens is 18. The van der Waals surface area contributed by atoms with Crippen LogP contribution in [0.25, 0.3) is 9.69 Å². The summed E-state index contributed by atoms with van der Waals surface area (Å²) >= 11 is 0. The molecule has 0 bridgehead atoms. The number of carbonyl (C=O) groups excluding carboxylic acids is 2. The summed E-state index contributed by atoms with van der Waals surface area (Å²) in [5.41, 5.74) is -13.0. The number of rotatable bonds is 23. The zero-order valence-electron chi connectivity index (χ0n) is 69.9. The SMILES string of the molecule is C[C@@H](OC[C@@]1(c2ccccc2)CC[C@@](CO)(n2cnnc2)CN1C(=O)OCc1ccccc1)c1cc(C(F)(F)F)cc(C(F)(F)F)c1.[C-]#[N+][C@@]1(n2cnnc2)CC[C@@](CO[C@H](C)c2cc(C(F)(F)F)cc(C(F)(F)F)c2)(c2ccccc2)N(C(=O)OCc2ccccc2)C1.[C-]#[N+][C@@]1(n2cnnc2)CC[C@@](CO[C@H](C)c2cc(C(F)(F)F)cc(C(F)(F)F)c2)(c2ccccc2)NC1. The Morgan fingerprint density at radius 3 is 1.01 bits per heavy atom. The monoisotopic (exact) mass is 1840 g/mol. The van der Waals surface area contributed by atoms with Crippen LogP contribution in [0, 0.1) is 13.1 Å². The molecule has 2 amide bonds. The van der Waals surface area contributed by atoms with E-state index >= 15 is 0 Å². The summed E-state index contributed by atoms with van der Waals surface area (Å²) in [4.78, 5) is 38.5. The predicted molar refractivity (Wildman–Crippen MR) is 433 cm³/mol. The number of nitrogens with one attached hydrogen (secondary N) is 1. The number of aliphatic hydroxyl groups is 1. The molecule has 0 radical (unpaired) electrons. The third kappa shape index (κ3) is 22.5. The summed E-state index contributed by atoms with van der Waals surface area (Å²) in [5.74, 6) is 0. The van der Waals surface area contributed by atoms with E-state index in [0.717, 1.165) is 5.56 Å². The molecule has 8 aromatic carbocycles. The van der Waals surface area contributed by atoms with Crippen molar-refractivity contribution in [3.63, 3.8) is 0 Å². The molecule has 0 aliphatic carbocycles. The smallest absolute Gasteiger partial charge is 0.416 e. The van der Waals surface area contributed by atoms with E-state index in [0.29, 0.717) is 71.5 Å². The Kier molecular flexibility index (Phi) is 29.3. The maximum absolute atomic E-state index is 14.0. The van der Waals surface area contributed by atoms with E-state index in [1.807, 2.05) is 36.4 Å². The summed E-state index contributed by atoms with van der Waals surface area (Å²) in [5, 5.41) is 36.9. The lowest BCUT2D eigenvalue weighted by Crippen LogP contribution is -2.63. The van der Waals surface area contributed by atoms with Crippen molar-refractivity contribution < 1.29 is 117 Å². The van der Waals surface area contributed by atoms with Gasteiger partial charge < -0.3 is 33.4 Å². The molecule has 6 heterocycles. The van der Waals surface area contributed by atoms with Crippen molar-refractivity contribution in [1.82, 2.24) is 59.4 Å². The fourth-order valence-electron chi connectivity index (χ4n) is 16.0. The summed E-state index contributed by atoms with van der Waals surface area (Å²) in [7, 11) is 0. The van der Waals surface area contributed by atoms with Gasteiger partial charge >= 0.3 is 60.6 Å². The Balaban J connectivity index is 0.000000179. The van der Waals surface area contributed by atoms with Gasteiger partial charge in [0.05, 0.1) is 126 Å². The number of amides is 2. The number of hydrogen-bond acceptors (Lipinski definition) is 15. The van der Waals surface area contributed by atoms with Crippen LogP contribution in [0.1, 0.15) is 155 Å². The lowest BCUT2D eigenvalue weighted by atomic mass is 9.74. The second kappa shape index (κ2) is 39.5. The van der Waals surface area contributed by atoms with Gasteiger partial charge in [0.2, 0.25) is 0 Å². The third-order valence-electron chi connectivity index (χ3n) is 23.7. The van der Waals surface area contributed by atoms with Gasteiger partial charge in [0.15, 0.2) is 0 Å². The second-order valence-electron chi connectivity index (χ2n) is 31.9. The predicted octanol–water partition coefficient (Wildman–Crippen LogP) is 21.0. The highest BCUT2D eigenvalue weighted by atomic mass is 19.4. The van der Waals surface area contributed by atoms with Gasteiger partial charge in [-0.15, -0.1) is 30.6 Å². The molecule has 0 saturated carbocycles. The van der Waals surface area contributed by atoms with Gasteiger partial charge in [0.25, 0.3) is 0 Å². The molecule has 3 aliphatic rings. The van der Waals surface area contributed by atoms with Gasteiger partial charge in [0, 0.05) is 0 Å². The topological polar surface area (TPSA) is 220 Å². The van der Waals surface area contributed by atoms with Crippen molar-refractivity contribution in [2.45, 2.75) is 161 Å². The Hall–Kier alpha value is -12.8. The van der Waals surface area contributed by atoms with Crippen LogP contribution in [0.15, 0.2) is 244 Å². The summed E-state index contributed by atoms with van der Waals surface area (Å²) in [6.07, 6.45) is -25.2. The molecule has 2 N–H and O–H groups in total. The van der Waals surface area contributed by atoms with Crippen molar-refractivity contribution in [3.05, 3.63) is 345 Å². The first kappa shape index (κ1) is 97.3. The summed E-state index contributed by atoms with van der Waals surface area (Å²) in [6, 6.07) is 48.5. The molecule has 692 valence electrons. The van der Waals surface area contributed by atoms with Gasteiger partial charge in [-0.1, -0.05) is 152 Å². The average Bonchev–Trinajstić information content (AvgIpc) is 1.64. The maximum atomic E-state index is 14.0. The third-order valence-corrected chi connectivity index (χ3v) is 23.7. The minimum absolute atomic E-state index is 0.0496. The van der Waals surface area contributed by atoms with Crippen molar-refractivity contribution in [3.8, 4) is 0 Å². The van der Waals surface area contributed by atoms with Crippen molar-refractivity contribution in [2.24, 2.45) is 0 Å². The minimum Gasteiger partial charge on any atom is -0.445 e. The number of hydrogen-bond donors (Lipinski definition) is 2. The number of likely N-dealkylation sites (tertiary alicyclic amines) is 2. The van der Waals surface area contributed by atoms with Crippen LogP contribution in [0.5, 0.6) is 0 Å². The van der Waals surface area contributed by atoms with Gasteiger partial charge in [-0.25, -0.2) is 31.9 Å². The Bertz CT molecular complexity index is 5590. The zero-order valence-corrected chi connectivity index (χ0v) is 69.9. The molecule has 22 nitrogen and oxygen atoms in total. The minimum atomic E-state index is -5.03. The Labute approximate surface area is 738 Å². The summed E-state index contributed by atoms with van der Waals surface area (Å²) < 4.78 is 278. The molecule has 0 spiro atoms. The molecule has 3 aromatic heterocycles.